The second-order valence-corrected chi connectivity index (χ2v) is 7.01. The fourth-order valence-corrected chi connectivity index (χ4v) is 4.52. The maximum atomic E-state index is 6.17. The SMILES string of the molecule is CCCNC(C1CCCCCC1)C1(OC)CCCCC1. The van der Waals surface area contributed by atoms with Crippen molar-refractivity contribution in [1.82, 2.24) is 5.32 Å². The molecule has 1 atom stereocenters. The monoisotopic (exact) mass is 281 g/mol. The maximum absolute atomic E-state index is 6.17. The second kappa shape index (κ2) is 8.38. The summed E-state index contributed by atoms with van der Waals surface area (Å²) in [6, 6.07) is 0.589. The highest BCUT2D eigenvalue weighted by Crippen LogP contribution is 2.40. The third-order valence-corrected chi connectivity index (χ3v) is 5.66. The van der Waals surface area contributed by atoms with E-state index in [4.69, 9.17) is 4.74 Å². The molecule has 2 heteroatoms. The first kappa shape index (κ1) is 16.3. The normalized spacial score (nSPS) is 26.1. The van der Waals surface area contributed by atoms with Crippen molar-refractivity contribution in [2.24, 2.45) is 5.92 Å². The van der Waals surface area contributed by atoms with Crippen LogP contribution in [0.4, 0.5) is 0 Å². The molecule has 20 heavy (non-hydrogen) atoms. The summed E-state index contributed by atoms with van der Waals surface area (Å²) < 4.78 is 6.17. The Morgan fingerprint density at radius 1 is 1.00 bits per heavy atom. The summed E-state index contributed by atoms with van der Waals surface area (Å²) in [5.41, 5.74) is 0.127. The van der Waals surface area contributed by atoms with Gasteiger partial charge < -0.3 is 10.1 Å². The van der Waals surface area contributed by atoms with Crippen LogP contribution in [0.25, 0.3) is 0 Å². The van der Waals surface area contributed by atoms with Gasteiger partial charge in [0.25, 0.3) is 0 Å². The van der Waals surface area contributed by atoms with Crippen LogP contribution in [0.2, 0.25) is 0 Å². The number of nitrogens with one attached hydrogen (secondary N) is 1. The third kappa shape index (κ3) is 3.98. The second-order valence-electron chi connectivity index (χ2n) is 7.01. The Bertz CT molecular complexity index is 252. The molecule has 2 saturated carbocycles. The van der Waals surface area contributed by atoms with Crippen LogP contribution in [0, 0.1) is 5.92 Å². The molecule has 1 unspecified atom stereocenters. The molecule has 0 aromatic carbocycles. The van der Waals surface area contributed by atoms with Gasteiger partial charge in [0.15, 0.2) is 0 Å². The first-order valence-corrected chi connectivity index (χ1v) is 9.11. The first-order valence-electron chi connectivity index (χ1n) is 9.11. The Kier molecular flexibility index (Phi) is 6.83. The summed E-state index contributed by atoms with van der Waals surface area (Å²) >= 11 is 0. The lowest BCUT2D eigenvalue weighted by Gasteiger charge is -2.46. The molecule has 0 aromatic rings. The zero-order valence-corrected chi connectivity index (χ0v) is 13.8. The van der Waals surface area contributed by atoms with Crippen LogP contribution >= 0.6 is 0 Å². The topological polar surface area (TPSA) is 21.3 Å². The average molecular weight is 281 g/mol. The van der Waals surface area contributed by atoms with Crippen molar-refractivity contribution in [3.63, 3.8) is 0 Å². The van der Waals surface area contributed by atoms with Crippen LogP contribution in [0.15, 0.2) is 0 Å². The van der Waals surface area contributed by atoms with Gasteiger partial charge in [-0.15, -0.1) is 0 Å². The van der Waals surface area contributed by atoms with Gasteiger partial charge >= 0.3 is 0 Å². The largest absolute Gasteiger partial charge is 0.377 e. The fourth-order valence-electron chi connectivity index (χ4n) is 4.52. The van der Waals surface area contributed by atoms with Gasteiger partial charge in [0.1, 0.15) is 0 Å². The van der Waals surface area contributed by atoms with Gasteiger partial charge in [0.2, 0.25) is 0 Å². The maximum Gasteiger partial charge on any atom is 0.0833 e. The molecule has 2 nitrogen and oxygen atoms in total. The highest BCUT2D eigenvalue weighted by molar-refractivity contribution is 4.99. The molecular formula is C18H35NO. The van der Waals surface area contributed by atoms with E-state index in [-0.39, 0.29) is 5.60 Å². The van der Waals surface area contributed by atoms with E-state index in [1.165, 1.54) is 77.0 Å². The minimum atomic E-state index is 0.127. The molecule has 2 fully saturated rings. The van der Waals surface area contributed by atoms with E-state index >= 15 is 0 Å². The van der Waals surface area contributed by atoms with Gasteiger partial charge in [-0.1, -0.05) is 51.9 Å². The van der Waals surface area contributed by atoms with Crippen molar-refractivity contribution in [2.75, 3.05) is 13.7 Å². The molecule has 0 aromatic heterocycles. The molecule has 0 heterocycles. The summed E-state index contributed by atoms with van der Waals surface area (Å²) in [4.78, 5) is 0. The van der Waals surface area contributed by atoms with E-state index in [1.807, 2.05) is 7.11 Å². The quantitative estimate of drug-likeness (QED) is 0.714. The Labute approximate surface area is 126 Å². The van der Waals surface area contributed by atoms with Gasteiger partial charge in [0.05, 0.1) is 5.60 Å². The van der Waals surface area contributed by atoms with E-state index in [2.05, 4.69) is 12.2 Å². The standard InChI is InChI=1S/C18H35NO/c1-3-15-19-17(16-11-7-4-5-8-12-16)18(20-2)13-9-6-10-14-18/h16-17,19H,3-15H2,1-2H3. The molecule has 0 amide bonds. The van der Waals surface area contributed by atoms with E-state index in [0.717, 1.165) is 12.5 Å². The minimum Gasteiger partial charge on any atom is -0.377 e. The van der Waals surface area contributed by atoms with E-state index in [1.54, 1.807) is 0 Å². The Hall–Kier alpha value is -0.0800. The van der Waals surface area contributed by atoms with Crippen molar-refractivity contribution in [3.05, 3.63) is 0 Å². The Morgan fingerprint density at radius 3 is 2.15 bits per heavy atom. The molecule has 0 aliphatic heterocycles. The summed E-state index contributed by atoms with van der Waals surface area (Å²) in [5.74, 6) is 0.835. The number of ether oxygens (including phenoxy) is 1. The number of methoxy groups -OCH3 is 1. The fraction of sp³-hybridized carbons (Fsp3) is 1.00. The Balaban J connectivity index is 2.10. The van der Waals surface area contributed by atoms with Gasteiger partial charge in [-0.05, 0) is 44.6 Å². The molecule has 2 aliphatic carbocycles. The van der Waals surface area contributed by atoms with Crippen molar-refractivity contribution in [2.45, 2.75) is 95.6 Å². The van der Waals surface area contributed by atoms with E-state index < -0.39 is 0 Å². The summed E-state index contributed by atoms with van der Waals surface area (Å²) in [7, 11) is 1.96. The van der Waals surface area contributed by atoms with E-state index in [9.17, 15) is 0 Å². The van der Waals surface area contributed by atoms with Crippen molar-refractivity contribution >= 4 is 0 Å². The Morgan fingerprint density at radius 2 is 1.60 bits per heavy atom. The van der Waals surface area contributed by atoms with Gasteiger partial charge in [-0.25, -0.2) is 0 Å². The lowest BCUT2D eigenvalue weighted by atomic mass is 9.72. The highest BCUT2D eigenvalue weighted by atomic mass is 16.5. The summed E-state index contributed by atoms with van der Waals surface area (Å²) in [6.07, 6.45) is 16.4. The third-order valence-electron chi connectivity index (χ3n) is 5.66. The highest BCUT2D eigenvalue weighted by Gasteiger charge is 2.43. The lowest BCUT2D eigenvalue weighted by Crippen LogP contribution is -2.57. The lowest BCUT2D eigenvalue weighted by molar-refractivity contribution is -0.0831. The van der Waals surface area contributed by atoms with Gasteiger partial charge in [-0.3, -0.25) is 0 Å². The number of rotatable bonds is 6. The molecule has 0 saturated heterocycles. The van der Waals surface area contributed by atoms with Crippen molar-refractivity contribution < 1.29 is 4.74 Å². The van der Waals surface area contributed by atoms with Crippen LogP contribution < -0.4 is 5.32 Å². The van der Waals surface area contributed by atoms with E-state index in [0.29, 0.717) is 6.04 Å². The van der Waals surface area contributed by atoms with Gasteiger partial charge in [0, 0.05) is 13.2 Å². The summed E-state index contributed by atoms with van der Waals surface area (Å²) in [5, 5.41) is 3.90. The van der Waals surface area contributed by atoms with Crippen LogP contribution in [-0.2, 0) is 4.74 Å². The minimum absolute atomic E-state index is 0.127. The predicted molar refractivity (Wildman–Crippen MR) is 86.1 cm³/mol. The smallest absolute Gasteiger partial charge is 0.0833 e. The number of hydrogen-bond donors (Lipinski definition) is 1. The van der Waals surface area contributed by atoms with Crippen LogP contribution in [0.5, 0.6) is 0 Å². The molecule has 118 valence electrons. The zero-order valence-electron chi connectivity index (χ0n) is 13.8. The van der Waals surface area contributed by atoms with Gasteiger partial charge in [-0.2, -0.15) is 0 Å². The van der Waals surface area contributed by atoms with Crippen LogP contribution in [0.1, 0.15) is 84.0 Å². The molecule has 2 aliphatic rings. The molecule has 2 rings (SSSR count). The van der Waals surface area contributed by atoms with Crippen molar-refractivity contribution in [1.29, 1.82) is 0 Å². The van der Waals surface area contributed by atoms with Crippen molar-refractivity contribution in [3.8, 4) is 0 Å². The molecule has 0 spiro atoms. The number of hydrogen-bond acceptors (Lipinski definition) is 2. The average Bonchev–Trinajstić information content (AvgIpc) is 2.78. The summed E-state index contributed by atoms with van der Waals surface area (Å²) in [6.45, 7) is 3.42. The van der Waals surface area contributed by atoms with Crippen LogP contribution in [0.3, 0.4) is 0 Å². The molecular weight excluding hydrogens is 246 g/mol. The molecule has 1 N–H and O–H groups in total. The van der Waals surface area contributed by atoms with Crippen LogP contribution in [-0.4, -0.2) is 25.3 Å². The molecule has 0 radical (unpaired) electrons. The predicted octanol–water partition coefficient (Wildman–Crippen LogP) is 4.67. The first-order chi connectivity index (χ1) is 9.82. The zero-order chi connectivity index (χ0) is 14.3. The molecule has 0 bridgehead atoms.